The maximum atomic E-state index is 12.0. The van der Waals surface area contributed by atoms with E-state index in [2.05, 4.69) is 11.9 Å². The standard InChI is InChI=1S/C12H20N2OS2/c1-4-5-6-7-14(3)11(15)8-10-9(2)13-12(16)17-10/h4-8H2,1-3H3,(H,13,16). The fourth-order valence-electron chi connectivity index (χ4n) is 1.60. The first-order valence-corrected chi connectivity index (χ1v) is 7.19. The summed E-state index contributed by atoms with van der Waals surface area (Å²) in [6, 6.07) is 0. The van der Waals surface area contributed by atoms with E-state index in [1.807, 2.05) is 18.9 Å². The monoisotopic (exact) mass is 272 g/mol. The fourth-order valence-corrected chi connectivity index (χ4v) is 2.88. The van der Waals surface area contributed by atoms with Crippen LogP contribution < -0.4 is 0 Å². The number of aromatic nitrogens is 1. The van der Waals surface area contributed by atoms with E-state index in [0.29, 0.717) is 6.42 Å². The molecule has 0 saturated carbocycles. The number of thiazole rings is 1. The molecule has 0 bridgehead atoms. The van der Waals surface area contributed by atoms with Gasteiger partial charge in [-0.05, 0) is 25.6 Å². The lowest BCUT2D eigenvalue weighted by Gasteiger charge is -2.16. The number of unbranched alkanes of at least 4 members (excludes halogenated alkanes) is 2. The zero-order chi connectivity index (χ0) is 12.8. The molecule has 0 aliphatic heterocycles. The van der Waals surface area contributed by atoms with E-state index in [-0.39, 0.29) is 5.91 Å². The van der Waals surface area contributed by atoms with Crippen molar-refractivity contribution in [3.8, 4) is 0 Å². The van der Waals surface area contributed by atoms with Gasteiger partial charge in [0.1, 0.15) is 0 Å². The molecule has 1 heterocycles. The Balaban J connectivity index is 2.48. The molecule has 1 aromatic rings. The van der Waals surface area contributed by atoms with Crippen molar-refractivity contribution in [3.63, 3.8) is 0 Å². The highest BCUT2D eigenvalue weighted by atomic mass is 32.1. The van der Waals surface area contributed by atoms with Gasteiger partial charge < -0.3 is 9.88 Å². The number of aryl methyl sites for hydroxylation is 1. The summed E-state index contributed by atoms with van der Waals surface area (Å²) in [5.74, 6) is 0.175. The molecule has 5 heteroatoms. The molecule has 17 heavy (non-hydrogen) atoms. The Hall–Kier alpha value is -0.680. The molecule has 96 valence electrons. The maximum absolute atomic E-state index is 12.0. The van der Waals surface area contributed by atoms with Crippen molar-refractivity contribution in [2.75, 3.05) is 13.6 Å². The first-order valence-electron chi connectivity index (χ1n) is 5.97. The molecule has 1 amide bonds. The lowest BCUT2D eigenvalue weighted by Crippen LogP contribution is -2.29. The van der Waals surface area contributed by atoms with Crippen molar-refractivity contribution in [1.29, 1.82) is 0 Å². The van der Waals surface area contributed by atoms with Crippen LogP contribution in [-0.4, -0.2) is 29.4 Å². The Morgan fingerprint density at radius 3 is 2.71 bits per heavy atom. The number of aromatic amines is 1. The number of likely N-dealkylation sites (N-methyl/N-ethyl adjacent to an activating group) is 1. The first kappa shape index (κ1) is 14.4. The summed E-state index contributed by atoms with van der Waals surface area (Å²) in [5.41, 5.74) is 1.02. The summed E-state index contributed by atoms with van der Waals surface area (Å²) < 4.78 is 0.749. The van der Waals surface area contributed by atoms with Crippen molar-refractivity contribution in [3.05, 3.63) is 14.5 Å². The van der Waals surface area contributed by atoms with E-state index >= 15 is 0 Å². The molecule has 0 aliphatic carbocycles. The van der Waals surface area contributed by atoms with Crippen molar-refractivity contribution in [2.45, 2.75) is 39.5 Å². The SMILES string of the molecule is CCCCCN(C)C(=O)Cc1sc(=S)[nH]c1C. The van der Waals surface area contributed by atoms with Crippen LogP contribution >= 0.6 is 23.6 Å². The highest BCUT2D eigenvalue weighted by Gasteiger charge is 2.12. The van der Waals surface area contributed by atoms with Crippen LogP contribution in [0.1, 0.15) is 36.8 Å². The first-order chi connectivity index (χ1) is 8.04. The summed E-state index contributed by atoms with van der Waals surface area (Å²) in [7, 11) is 1.87. The van der Waals surface area contributed by atoms with Gasteiger partial charge in [-0.15, -0.1) is 11.3 Å². The van der Waals surface area contributed by atoms with E-state index < -0.39 is 0 Å². The number of amides is 1. The molecule has 1 aromatic heterocycles. The zero-order valence-corrected chi connectivity index (χ0v) is 12.3. The Morgan fingerprint density at radius 2 is 2.18 bits per heavy atom. The molecule has 0 radical (unpaired) electrons. The van der Waals surface area contributed by atoms with Crippen LogP contribution in [0.5, 0.6) is 0 Å². The lowest BCUT2D eigenvalue weighted by atomic mass is 10.2. The lowest BCUT2D eigenvalue weighted by molar-refractivity contribution is -0.129. The smallest absolute Gasteiger partial charge is 0.227 e. The maximum Gasteiger partial charge on any atom is 0.227 e. The third-order valence-electron chi connectivity index (χ3n) is 2.76. The molecule has 1 N–H and O–H groups in total. The van der Waals surface area contributed by atoms with Crippen LogP contribution in [0.4, 0.5) is 0 Å². The van der Waals surface area contributed by atoms with Crippen LogP contribution in [0.2, 0.25) is 0 Å². The van der Waals surface area contributed by atoms with Crippen LogP contribution in [0.15, 0.2) is 0 Å². The van der Waals surface area contributed by atoms with Gasteiger partial charge in [0.05, 0.1) is 6.42 Å². The van der Waals surface area contributed by atoms with Crippen molar-refractivity contribution < 1.29 is 4.79 Å². The van der Waals surface area contributed by atoms with Crippen LogP contribution in [0.25, 0.3) is 0 Å². The number of carbonyl (C=O) groups is 1. The molecular weight excluding hydrogens is 252 g/mol. The number of hydrogen-bond acceptors (Lipinski definition) is 3. The second-order valence-electron chi connectivity index (χ2n) is 4.26. The van der Waals surface area contributed by atoms with Gasteiger partial charge >= 0.3 is 0 Å². The molecular formula is C12H20N2OS2. The average molecular weight is 272 g/mol. The minimum atomic E-state index is 0.175. The Morgan fingerprint density at radius 1 is 1.47 bits per heavy atom. The Labute approximate surface area is 112 Å². The summed E-state index contributed by atoms with van der Waals surface area (Å²) in [6.45, 7) is 4.98. The molecule has 0 aromatic carbocycles. The van der Waals surface area contributed by atoms with Gasteiger partial charge in [-0.1, -0.05) is 19.8 Å². The van der Waals surface area contributed by atoms with Gasteiger partial charge in [0.25, 0.3) is 0 Å². The van der Waals surface area contributed by atoms with Gasteiger partial charge in [0, 0.05) is 24.2 Å². The zero-order valence-electron chi connectivity index (χ0n) is 10.7. The van der Waals surface area contributed by atoms with Crippen molar-refractivity contribution in [1.82, 2.24) is 9.88 Å². The molecule has 0 aliphatic rings. The van der Waals surface area contributed by atoms with Crippen LogP contribution in [0, 0.1) is 10.9 Å². The molecule has 0 fully saturated rings. The highest BCUT2D eigenvalue weighted by molar-refractivity contribution is 7.73. The predicted octanol–water partition coefficient (Wildman–Crippen LogP) is 3.31. The third-order valence-corrected chi connectivity index (χ3v) is 4.09. The minimum absolute atomic E-state index is 0.175. The van der Waals surface area contributed by atoms with Gasteiger partial charge in [0.2, 0.25) is 5.91 Å². The molecule has 0 spiro atoms. The summed E-state index contributed by atoms with van der Waals surface area (Å²) in [5, 5.41) is 0. The van der Waals surface area contributed by atoms with Crippen molar-refractivity contribution in [2.24, 2.45) is 0 Å². The number of rotatable bonds is 6. The van der Waals surface area contributed by atoms with E-state index in [1.165, 1.54) is 24.2 Å². The summed E-state index contributed by atoms with van der Waals surface area (Å²) in [4.78, 5) is 17.9. The van der Waals surface area contributed by atoms with E-state index in [9.17, 15) is 4.79 Å². The van der Waals surface area contributed by atoms with Crippen LogP contribution in [-0.2, 0) is 11.2 Å². The number of nitrogens with one attached hydrogen (secondary N) is 1. The molecule has 0 unspecified atom stereocenters. The molecule has 0 saturated heterocycles. The Bertz CT molecular complexity index is 422. The van der Waals surface area contributed by atoms with E-state index in [1.54, 1.807) is 0 Å². The van der Waals surface area contributed by atoms with E-state index in [0.717, 1.165) is 27.5 Å². The Kier molecular flexibility index (Phi) is 5.85. The largest absolute Gasteiger partial charge is 0.345 e. The molecule has 1 rings (SSSR count). The number of carbonyl (C=O) groups excluding carboxylic acids is 1. The summed E-state index contributed by atoms with van der Waals surface area (Å²) >= 11 is 6.56. The van der Waals surface area contributed by atoms with Gasteiger partial charge in [0.15, 0.2) is 3.95 Å². The number of nitrogens with zero attached hydrogens (tertiary/aromatic N) is 1. The average Bonchev–Trinajstić information content (AvgIpc) is 2.57. The normalized spacial score (nSPS) is 10.5. The summed E-state index contributed by atoms with van der Waals surface area (Å²) in [6.07, 6.45) is 3.91. The topological polar surface area (TPSA) is 36.1 Å². The van der Waals surface area contributed by atoms with Gasteiger partial charge in [-0.3, -0.25) is 4.79 Å². The minimum Gasteiger partial charge on any atom is -0.345 e. The number of H-pyrrole nitrogens is 1. The fraction of sp³-hybridized carbons (Fsp3) is 0.667. The highest BCUT2D eigenvalue weighted by Crippen LogP contribution is 2.16. The second kappa shape index (κ2) is 6.91. The second-order valence-corrected chi connectivity index (χ2v) is 6.03. The molecule has 0 atom stereocenters. The third kappa shape index (κ3) is 4.60. The van der Waals surface area contributed by atoms with E-state index in [4.69, 9.17) is 12.2 Å². The van der Waals surface area contributed by atoms with Crippen LogP contribution in [0.3, 0.4) is 0 Å². The van der Waals surface area contributed by atoms with Gasteiger partial charge in [-0.25, -0.2) is 0 Å². The molecule has 3 nitrogen and oxygen atoms in total. The predicted molar refractivity (Wildman–Crippen MR) is 75.1 cm³/mol. The van der Waals surface area contributed by atoms with Gasteiger partial charge in [-0.2, -0.15) is 0 Å². The van der Waals surface area contributed by atoms with Crippen molar-refractivity contribution >= 4 is 29.5 Å². The quantitative estimate of drug-likeness (QED) is 0.637. The number of hydrogen-bond donors (Lipinski definition) is 1.